The maximum absolute atomic E-state index is 11.4. The Hall–Kier alpha value is -2.26. The Labute approximate surface area is 121 Å². The first-order valence-electron chi connectivity index (χ1n) is 5.98. The first-order chi connectivity index (χ1) is 9.47. The molecular formula is C16H13ClO3. The zero-order valence-electron chi connectivity index (χ0n) is 10.8. The summed E-state index contributed by atoms with van der Waals surface area (Å²) in [6, 6.07) is 11.6. The average molecular weight is 289 g/mol. The molecule has 0 atom stereocenters. The quantitative estimate of drug-likeness (QED) is 0.663. The van der Waals surface area contributed by atoms with Crippen LogP contribution in [0.1, 0.15) is 16.7 Å². The van der Waals surface area contributed by atoms with Crippen LogP contribution < -0.4 is 0 Å². The van der Waals surface area contributed by atoms with Gasteiger partial charge in [0.2, 0.25) is 0 Å². The molecule has 0 radical (unpaired) electrons. The summed E-state index contributed by atoms with van der Waals surface area (Å²) < 4.78 is 0. The Morgan fingerprint density at radius 2 is 1.80 bits per heavy atom. The highest BCUT2D eigenvalue weighted by molar-refractivity contribution is 6.31. The van der Waals surface area contributed by atoms with Crippen molar-refractivity contribution in [3.63, 3.8) is 0 Å². The van der Waals surface area contributed by atoms with Crippen LogP contribution in [0.2, 0.25) is 5.02 Å². The van der Waals surface area contributed by atoms with Gasteiger partial charge in [0.25, 0.3) is 0 Å². The summed E-state index contributed by atoms with van der Waals surface area (Å²) in [4.78, 5) is 11.4. The second kappa shape index (κ2) is 5.80. The molecule has 2 rings (SSSR count). The van der Waals surface area contributed by atoms with Crippen LogP contribution in [-0.2, 0) is 4.79 Å². The van der Waals surface area contributed by atoms with Crippen molar-refractivity contribution in [2.24, 2.45) is 0 Å². The number of hydrogen-bond donors (Lipinski definition) is 2. The maximum Gasteiger partial charge on any atom is 0.336 e. The monoisotopic (exact) mass is 288 g/mol. The highest BCUT2D eigenvalue weighted by atomic mass is 35.5. The van der Waals surface area contributed by atoms with Crippen LogP contribution in [0.5, 0.6) is 5.75 Å². The average Bonchev–Trinajstić information content (AvgIpc) is 2.40. The summed E-state index contributed by atoms with van der Waals surface area (Å²) in [5.41, 5.74) is 2.09. The topological polar surface area (TPSA) is 57.5 Å². The molecule has 0 heterocycles. The fraction of sp³-hybridized carbons (Fsp3) is 0.0625. The fourth-order valence-corrected chi connectivity index (χ4v) is 1.98. The molecule has 0 amide bonds. The number of carbonyl (C=O) groups is 1. The van der Waals surface area contributed by atoms with E-state index in [9.17, 15) is 15.0 Å². The molecule has 0 aliphatic rings. The molecular weight excluding hydrogens is 276 g/mol. The summed E-state index contributed by atoms with van der Waals surface area (Å²) in [5, 5.41) is 19.5. The number of phenols is 1. The third kappa shape index (κ3) is 3.19. The summed E-state index contributed by atoms with van der Waals surface area (Å²) in [6.07, 6.45) is 1.41. The third-order valence-corrected chi connectivity index (χ3v) is 3.12. The summed E-state index contributed by atoms with van der Waals surface area (Å²) in [7, 11) is 0. The van der Waals surface area contributed by atoms with E-state index in [1.807, 2.05) is 19.1 Å². The van der Waals surface area contributed by atoms with Gasteiger partial charge < -0.3 is 10.2 Å². The van der Waals surface area contributed by atoms with Crippen molar-refractivity contribution in [3.05, 3.63) is 64.2 Å². The molecule has 0 aliphatic carbocycles. The molecule has 0 saturated carbocycles. The van der Waals surface area contributed by atoms with E-state index >= 15 is 0 Å². The minimum Gasteiger partial charge on any atom is -0.507 e. The fourth-order valence-electron chi connectivity index (χ4n) is 1.80. The molecule has 102 valence electrons. The van der Waals surface area contributed by atoms with E-state index in [0.717, 1.165) is 5.56 Å². The Kier molecular flexibility index (Phi) is 4.11. The van der Waals surface area contributed by atoms with E-state index in [-0.39, 0.29) is 11.3 Å². The molecule has 2 aromatic carbocycles. The Morgan fingerprint density at radius 3 is 2.40 bits per heavy atom. The van der Waals surface area contributed by atoms with E-state index < -0.39 is 5.97 Å². The van der Waals surface area contributed by atoms with Gasteiger partial charge >= 0.3 is 5.97 Å². The van der Waals surface area contributed by atoms with E-state index in [0.29, 0.717) is 16.1 Å². The van der Waals surface area contributed by atoms with Crippen LogP contribution in [0.4, 0.5) is 0 Å². The third-order valence-electron chi connectivity index (χ3n) is 2.88. The molecule has 4 heteroatoms. The van der Waals surface area contributed by atoms with E-state index in [1.54, 1.807) is 18.2 Å². The zero-order valence-corrected chi connectivity index (χ0v) is 11.6. The predicted molar refractivity (Wildman–Crippen MR) is 79.8 cm³/mol. The van der Waals surface area contributed by atoms with Gasteiger partial charge in [-0.25, -0.2) is 4.79 Å². The molecule has 0 saturated heterocycles. The number of benzene rings is 2. The van der Waals surface area contributed by atoms with Crippen LogP contribution >= 0.6 is 11.6 Å². The van der Waals surface area contributed by atoms with Crippen molar-refractivity contribution in [1.82, 2.24) is 0 Å². The first-order valence-corrected chi connectivity index (χ1v) is 6.36. The molecule has 20 heavy (non-hydrogen) atoms. The number of rotatable bonds is 3. The number of phenolic OH excluding ortho intramolecular Hbond substituents is 1. The van der Waals surface area contributed by atoms with Crippen molar-refractivity contribution in [3.8, 4) is 5.75 Å². The van der Waals surface area contributed by atoms with Crippen molar-refractivity contribution >= 4 is 29.2 Å². The predicted octanol–water partition coefficient (Wildman–Crippen LogP) is 3.98. The standard InChI is InChI=1S/C16H13ClO3/c1-10-2-4-11(5-3-10)14(16(19)20)9-12-8-13(17)6-7-15(12)18/h2-9,18H,1H3,(H,19,20)/b14-9-. The van der Waals surface area contributed by atoms with E-state index in [1.165, 1.54) is 18.2 Å². The van der Waals surface area contributed by atoms with Crippen molar-refractivity contribution in [2.45, 2.75) is 6.92 Å². The lowest BCUT2D eigenvalue weighted by Gasteiger charge is -2.05. The number of halogens is 1. The number of carboxylic acid groups (broad SMARTS) is 1. The lowest BCUT2D eigenvalue weighted by molar-refractivity contribution is -0.130. The number of hydrogen-bond acceptors (Lipinski definition) is 2. The second-order valence-corrected chi connectivity index (χ2v) is 4.87. The first kappa shape index (κ1) is 14.2. The molecule has 2 N–H and O–H groups in total. The van der Waals surface area contributed by atoms with Gasteiger partial charge in [-0.3, -0.25) is 0 Å². The van der Waals surface area contributed by atoms with E-state index in [2.05, 4.69) is 0 Å². The zero-order chi connectivity index (χ0) is 14.7. The number of aliphatic carboxylic acids is 1. The van der Waals surface area contributed by atoms with Gasteiger partial charge in [-0.1, -0.05) is 41.4 Å². The molecule has 3 nitrogen and oxygen atoms in total. The molecule has 0 spiro atoms. The normalized spacial score (nSPS) is 11.4. The second-order valence-electron chi connectivity index (χ2n) is 4.43. The molecule has 0 aliphatic heterocycles. The molecule has 0 fully saturated rings. The van der Waals surface area contributed by atoms with Crippen LogP contribution in [0.15, 0.2) is 42.5 Å². The van der Waals surface area contributed by atoms with Crippen molar-refractivity contribution in [2.75, 3.05) is 0 Å². The van der Waals surface area contributed by atoms with Crippen LogP contribution in [-0.4, -0.2) is 16.2 Å². The Morgan fingerprint density at radius 1 is 1.15 bits per heavy atom. The van der Waals surface area contributed by atoms with Gasteiger partial charge in [0, 0.05) is 10.6 Å². The summed E-state index contributed by atoms with van der Waals surface area (Å²) >= 11 is 5.86. The smallest absolute Gasteiger partial charge is 0.336 e. The van der Waals surface area contributed by atoms with Gasteiger partial charge in [0.05, 0.1) is 5.57 Å². The Balaban J connectivity index is 2.53. The van der Waals surface area contributed by atoms with Gasteiger partial charge in [-0.15, -0.1) is 0 Å². The minimum atomic E-state index is -1.06. The van der Waals surface area contributed by atoms with Crippen molar-refractivity contribution in [1.29, 1.82) is 0 Å². The molecule has 2 aromatic rings. The van der Waals surface area contributed by atoms with Crippen LogP contribution in [0.3, 0.4) is 0 Å². The maximum atomic E-state index is 11.4. The lowest BCUT2D eigenvalue weighted by atomic mass is 10.0. The van der Waals surface area contributed by atoms with E-state index in [4.69, 9.17) is 11.6 Å². The number of carboxylic acids is 1. The largest absolute Gasteiger partial charge is 0.507 e. The SMILES string of the molecule is Cc1ccc(/C(=C/c2cc(Cl)ccc2O)C(=O)O)cc1. The number of aryl methyl sites for hydroxylation is 1. The highest BCUT2D eigenvalue weighted by Gasteiger charge is 2.11. The van der Waals surface area contributed by atoms with Gasteiger partial charge in [0.1, 0.15) is 5.75 Å². The van der Waals surface area contributed by atoms with Gasteiger partial charge in [-0.2, -0.15) is 0 Å². The minimum absolute atomic E-state index is 0.0136. The molecule has 0 unspecified atom stereocenters. The summed E-state index contributed by atoms with van der Waals surface area (Å²) in [5.74, 6) is -1.08. The van der Waals surface area contributed by atoms with Crippen molar-refractivity contribution < 1.29 is 15.0 Å². The highest BCUT2D eigenvalue weighted by Crippen LogP contribution is 2.27. The van der Waals surface area contributed by atoms with Gasteiger partial charge in [0.15, 0.2) is 0 Å². The van der Waals surface area contributed by atoms with Crippen LogP contribution in [0, 0.1) is 6.92 Å². The lowest BCUT2D eigenvalue weighted by Crippen LogP contribution is -1.99. The molecule has 0 aromatic heterocycles. The van der Waals surface area contributed by atoms with Gasteiger partial charge in [-0.05, 0) is 36.8 Å². The van der Waals surface area contributed by atoms with Crippen LogP contribution in [0.25, 0.3) is 11.6 Å². The molecule has 0 bridgehead atoms. The summed E-state index contributed by atoms with van der Waals surface area (Å²) in [6.45, 7) is 1.93. The number of aromatic hydroxyl groups is 1. The Bertz CT molecular complexity index is 673.